The highest BCUT2D eigenvalue weighted by atomic mass is 16.5. The standard InChI is InChI=1S/C18H20O3/c1-12-9-10-14(18(2,3)4)16(11-12)21-17(20)13-7-5-6-8-15(13)19/h5-11,19H,1-4H3. The maximum atomic E-state index is 12.2. The Kier molecular flexibility index (Phi) is 4.03. The Bertz CT molecular complexity index is 666. The molecule has 0 aliphatic carbocycles. The summed E-state index contributed by atoms with van der Waals surface area (Å²) in [5.41, 5.74) is 2.00. The lowest BCUT2D eigenvalue weighted by Crippen LogP contribution is -2.16. The van der Waals surface area contributed by atoms with E-state index in [-0.39, 0.29) is 16.7 Å². The molecule has 1 N–H and O–H groups in total. The van der Waals surface area contributed by atoms with Crippen molar-refractivity contribution in [3.8, 4) is 11.5 Å². The fourth-order valence-electron chi connectivity index (χ4n) is 2.13. The molecule has 0 bridgehead atoms. The van der Waals surface area contributed by atoms with E-state index < -0.39 is 5.97 Å². The van der Waals surface area contributed by atoms with Crippen molar-refractivity contribution in [1.82, 2.24) is 0 Å². The van der Waals surface area contributed by atoms with Gasteiger partial charge in [-0.3, -0.25) is 0 Å². The van der Waals surface area contributed by atoms with Crippen molar-refractivity contribution in [1.29, 1.82) is 0 Å². The van der Waals surface area contributed by atoms with E-state index in [0.717, 1.165) is 11.1 Å². The van der Waals surface area contributed by atoms with Crippen LogP contribution in [0.1, 0.15) is 42.3 Å². The van der Waals surface area contributed by atoms with Crippen LogP contribution >= 0.6 is 0 Å². The maximum absolute atomic E-state index is 12.2. The Hall–Kier alpha value is -2.29. The fourth-order valence-corrected chi connectivity index (χ4v) is 2.13. The van der Waals surface area contributed by atoms with Crippen molar-refractivity contribution in [3.63, 3.8) is 0 Å². The van der Waals surface area contributed by atoms with Crippen LogP contribution in [0.4, 0.5) is 0 Å². The molecule has 0 unspecified atom stereocenters. The number of aryl methyl sites for hydroxylation is 1. The number of phenols is 1. The second-order valence-corrected chi connectivity index (χ2v) is 6.16. The third kappa shape index (κ3) is 3.43. The Morgan fingerprint density at radius 1 is 1.10 bits per heavy atom. The lowest BCUT2D eigenvalue weighted by atomic mass is 9.86. The number of carbonyl (C=O) groups is 1. The van der Waals surface area contributed by atoms with E-state index in [9.17, 15) is 9.90 Å². The lowest BCUT2D eigenvalue weighted by molar-refractivity contribution is 0.0728. The van der Waals surface area contributed by atoms with Gasteiger partial charge < -0.3 is 9.84 Å². The summed E-state index contributed by atoms with van der Waals surface area (Å²) in [5, 5.41) is 9.74. The quantitative estimate of drug-likeness (QED) is 0.663. The van der Waals surface area contributed by atoms with Gasteiger partial charge in [-0.15, -0.1) is 0 Å². The van der Waals surface area contributed by atoms with E-state index in [1.54, 1.807) is 18.2 Å². The van der Waals surface area contributed by atoms with Gasteiger partial charge in [-0.25, -0.2) is 4.79 Å². The van der Waals surface area contributed by atoms with Gasteiger partial charge in [-0.1, -0.05) is 45.0 Å². The first-order chi connectivity index (χ1) is 9.79. The minimum atomic E-state index is -0.552. The molecule has 3 heteroatoms. The number of ether oxygens (including phenoxy) is 1. The van der Waals surface area contributed by atoms with E-state index >= 15 is 0 Å². The number of esters is 1. The van der Waals surface area contributed by atoms with Crippen LogP contribution in [0.25, 0.3) is 0 Å². The van der Waals surface area contributed by atoms with Crippen molar-refractivity contribution >= 4 is 5.97 Å². The van der Waals surface area contributed by atoms with Gasteiger partial charge in [0.2, 0.25) is 0 Å². The first-order valence-corrected chi connectivity index (χ1v) is 6.90. The molecular formula is C18H20O3. The molecule has 2 aromatic rings. The Morgan fingerprint density at radius 2 is 1.76 bits per heavy atom. The second-order valence-electron chi connectivity index (χ2n) is 6.16. The van der Waals surface area contributed by atoms with E-state index in [1.165, 1.54) is 6.07 Å². The molecule has 0 saturated heterocycles. The minimum absolute atomic E-state index is 0.0764. The molecule has 0 aromatic heterocycles. The summed E-state index contributed by atoms with van der Waals surface area (Å²) in [6.07, 6.45) is 0. The van der Waals surface area contributed by atoms with Gasteiger partial charge in [0, 0.05) is 5.56 Å². The molecular weight excluding hydrogens is 264 g/mol. The highest BCUT2D eigenvalue weighted by Crippen LogP contribution is 2.33. The van der Waals surface area contributed by atoms with Crippen LogP contribution in [0.15, 0.2) is 42.5 Å². The molecule has 110 valence electrons. The zero-order valence-corrected chi connectivity index (χ0v) is 12.8. The van der Waals surface area contributed by atoms with Crippen molar-refractivity contribution in [2.45, 2.75) is 33.1 Å². The summed E-state index contributed by atoms with van der Waals surface area (Å²) >= 11 is 0. The SMILES string of the molecule is Cc1ccc(C(C)(C)C)c(OC(=O)c2ccccc2O)c1. The molecule has 3 nitrogen and oxygen atoms in total. The molecule has 2 rings (SSSR count). The molecule has 21 heavy (non-hydrogen) atoms. The van der Waals surface area contributed by atoms with E-state index in [1.807, 2.05) is 25.1 Å². The summed E-state index contributed by atoms with van der Waals surface area (Å²) in [7, 11) is 0. The highest BCUT2D eigenvalue weighted by Gasteiger charge is 2.22. The molecule has 0 saturated carbocycles. The van der Waals surface area contributed by atoms with Crippen LogP contribution in [-0.2, 0) is 5.41 Å². The van der Waals surface area contributed by atoms with E-state index in [0.29, 0.717) is 5.75 Å². The Balaban J connectivity index is 2.38. The summed E-state index contributed by atoms with van der Waals surface area (Å²) < 4.78 is 5.52. The number of carbonyl (C=O) groups excluding carboxylic acids is 1. The topological polar surface area (TPSA) is 46.5 Å². The van der Waals surface area contributed by atoms with E-state index in [4.69, 9.17) is 4.74 Å². The molecule has 0 radical (unpaired) electrons. The largest absolute Gasteiger partial charge is 0.507 e. The van der Waals surface area contributed by atoms with Gasteiger partial charge in [0.25, 0.3) is 0 Å². The number of aromatic hydroxyl groups is 1. The van der Waals surface area contributed by atoms with Crippen LogP contribution in [0.3, 0.4) is 0 Å². The zero-order chi connectivity index (χ0) is 15.6. The molecule has 0 fully saturated rings. The molecule has 0 aliphatic rings. The maximum Gasteiger partial charge on any atom is 0.347 e. The number of rotatable bonds is 2. The monoisotopic (exact) mass is 284 g/mol. The van der Waals surface area contributed by atoms with Crippen LogP contribution in [-0.4, -0.2) is 11.1 Å². The molecule has 0 spiro atoms. The number of hydrogen-bond donors (Lipinski definition) is 1. The van der Waals surface area contributed by atoms with Crippen LogP contribution in [0.5, 0.6) is 11.5 Å². The fraction of sp³-hybridized carbons (Fsp3) is 0.278. The van der Waals surface area contributed by atoms with Crippen LogP contribution in [0.2, 0.25) is 0 Å². The number of para-hydroxylation sites is 1. The zero-order valence-electron chi connectivity index (χ0n) is 12.8. The minimum Gasteiger partial charge on any atom is -0.507 e. The van der Waals surface area contributed by atoms with E-state index in [2.05, 4.69) is 20.8 Å². The lowest BCUT2D eigenvalue weighted by Gasteiger charge is -2.22. The first kappa shape index (κ1) is 15.1. The van der Waals surface area contributed by atoms with Gasteiger partial charge in [0.1, 0.15) is 17.1 Å². The number of hydrogen-bond acceptors (Lipinski definition) is 3. The smallest absolute Gasteiger partial charge is 0.347 e. The van der Waals surface area contributed by atoms with Crippen LogP contribution < -0.4 is 4.74 Å². The second kappa shape index (κ2) is 5.60. The van der Waals surface area contributed by atoms with Gasteiger partial charge in [0.15, 0.2) is 0 Å². The van der Waals surface area contributed by atoms with Crippen molar-refractivity contribution in [3.05, 3.63) is 59.2 Å². The molecule has 0 atom stereocenters. The molecule has 2 aromatic carbocycles. The highest BCUT2D eigenvalue weighted by molar-refractivity contribution is 5.94. The molecule has 0 aliphatic heterocycles. The number of phenolic OH excluding ortho intramolecular Hbond substituents is 1. The molecule has 0 amide bonds. The summed E-state index contributed by atoms with van der Waals surface area (Å²) in [4.78, 5) is 12.2. The average Bonchev–Trinajstić information content (AvgIpc) is 2.37. The molecule has 0 heterocycles. The summed E-state index contributed by atoms with van der Waals surface area (Å²) in [6, 6.07) is 12.2. The number of benzene rings is 2. The first-order valence-electron chi connectivity index (χ1n) is 6.90. The van der Waals surface area contributed by atoms with Crippen molar-refractivity contribution in [2.24, 2.45) is 0 Å². The summed E-state index contributed by atoms with van der Waals surface area (Å²) in [5.74, 6) is -0.0904. The normalized spacial score (nSPS) is 11.2. The predicted octanol–water partition coefficient (Wildman–Crippen LogP) is 4.22. The van der Waals surface area contributed by atoms with Crippen molar-refractivity contribution < 1.29 is 14.6 Å². The van der Waals surface area contributed by atoms with Crippen molar-refractivity contribution in [2.75, 3.05) is 0 Å². The van der Waals surface area contributed by atoms with Gasteiger partial charge in [-0.2, -0.15) is 0 Å². The Morgan fingerprint density at radius 3 is 2.38 bits per heavy atom. The van der Waals surface area contributed by atoms with Gasteiger partial charge in [0.05, 0.1) is 0 Å². The third-order valence-electron chi connectivity index (χ3n) is 3.27. The van der Waals surface area contributed by atoms with Gasteiger partial charge >= 0.3 is 5.97 Å². The Labute approximate surface area is 125 Å². The van der Waals surface area contributed by atoms with Gasteiger partial charge in [-0.05, 0) is 36.1 Å². The summed E-state index contributed by atoms with van der Waals surface area (Å²) in [6.45, 7) is 8.14. The average molecular weight is 284 g/mol. The third-order valence-corrected chi connectivity index (χ3v) is 3.27. The predicted molar refractivity (Wildman–Crippen MR) is 82.9 cm³/mol. The van der Waals surface area contributed by atoms with Crippen LogP contribution in [0, 0.1) is 6.92 Å².